The Morgan fingerprint density at radius 2 is 2.31 bits per heavy atom. The fourth-order valence-corrected chi connectivity index (χ4v) is 1.50. The lowest BCUT2D eigenvalue weighted by Gasteiger charge is -2.22. The minimum absolute atomic E-state index is 0.0618. The summed E-state index contributed by atoms with van der Waals surface area (Å²) in [7, 11) is 0. The van der Waals surface area contributed by atoms with Gasteiger partial charge in [0.15, 0.2) is 0 Å². The van der Waals surface area contributed by atoms with Crippen LogP contribution in [0, 0.1) is 0 Å². The Kier molecular flexibility index (Phi) is 5.81. The molecule has 0 radical (unpaired) electrons. The van der Waals surface area contributed by atoms with Gasteiger partial charge in [0.05, 0.1) is 19.1 Å². The van der Waals surface area contributed by atoms with Crippen LogP contribution in [0.4, 0.5) is 0 Å². The lowest BCUT2D eigenvalue weighted by molar-refractivity contribution is -0.137. The van der Waals surface area contributed by atoms with Gasteiger partial charge in [-0.2, -0.15) is 0 Å². The zero-order valence-corrected chi connectivity index (χ0v) is 9.20. The molecule has 1 heterocycles. The molecule has 1 aliphatic rings. The molecule has 1 fully saturated rings. The summed E-state index contributed by atoms with van der Waals surface area (Å²) >= 11 is 0. The number of morpholine rings is 1. The number of carbonyl (C=O) groups excluding carboxylic acids is 1. The molecule has 1 atom stereocenters. The van der Waals surface area contributed by atoms with E-state index in [-0.39, 0.29) is 18.4 Å². The van der Waals surface area contributed by atoms with E-state index in [4.69, 9.17) is 9.84 Å². The van der Waals surface area contributed by atoms with Gasteiger partial charge in [-0.1, -0.05) is 0 Å². The molecule has 0 bridgehead atoms. The van der Waals surface area contributed by atoms with Gasteiger partial charge in [0.1, 0.15) is 0 Å². The summed E-state index contributed by atoms with van der Waals surface area (Å²) < 4.78 is 5.38. The van der Waals surface area contributed by atoms with Crippen molar-refractivity contribution >= 4 is 11.9 Å². The molecule has 0 aromatic carbocycles. The second-order valence-electron chi connectivity index (χ2n) is 3.75. The van der Waals surface area contributed by atoms with Crippen LogP contribution in [0.2, 0.25) is 0 Å². The zero-order valence-electron chi connectivity index (χ0n) is 9.20. The number of aliphatic carboxylic acids is 1. The number of rotatable bonds is 6. The van der Waals surface area contributed by atoms with E-state index < -0.39 is 5.97 Å². The minimum atomic E-state index is -0.839. The molecule has 0 aromatic rings. The summed E-state index contributed by atoms with van der Waals surface area (Å²) in [5.41, 5.74) is 0. The molecule has 1 unspecified atom stereocenters. The van der Waals surface area contributed by atoms with E-state index in [0.29, 0.717) is 32.5 Å². The third-order valence-corrected chi connectivity index (χ3v) is 2.31. The van der Waals surface area contributed by atoms with Gasteiger partial charge in [-0.05, 0) is 6.42 Å². The highest BCUT2D eigenvalue weighted by molar-refractivity contribution is 5.76. The van der Waals surface area contributed by atoms with Crippen molar-refractivity contribution in [2.75, 3.05) is 26.2 Å². The first kappa shape index (κ1) is 12.9. The summed E-state index contributed by atoms with van der Waals surface area (Å²) in [6.45, 7) is 2.57. The van der Waals surface area contributed by atoms with Crippen LogP contribution in [-0.2, 0) is 14.3 Å². The Balaban J connectivity index is 2.03. The largest absolute Gasteiger partial charge is 0.481 e. The van der Waals surface area contributed by atoms with Gasteiger partial charge < -0.3 is 20.5 Å². The van der Waals surface area contributed by atoms with Gasteiger partial charge in [0.25, 0.3) is 0 Å². The van der Waals surface area contributed by atoms with E-state index in [1.807, 2.05) is 0 Å². The summed E-state index contributed by atoms with van der Waals surface area (Å²) in [5.74, 6) is -0.923. The maximum Gasteiger partial charge on any atom is 0.303 e. The number of nitrogens with one attached hydrogen (secondary N) is 2. The van der Waals surface area contributed by atoms with Crippen LogP contribution >= 0.6 is 0 Å². The smallest absolute Gasteiger partial charge is 0.303 e. The number of carbonyl (C=O) groups is 2. The minimum Gasteiger partial charge on any atom is -0.481 e. The standard InChI is InChI=1S/C10H18N2O4/c13-9(12-3-1-2-10(14)15)6-8-7-11-4-5-16-8/h8,11H,1-7H2,(H,12,13)(H,14,15). The molecule has 0 spiro atoms. The normalized spacial score (nSPS) is 20.4. The molecule has 92 valence electrons. The molecular formula is C10H18N2O4. The lowest BCUT2D eigenvalue weighted by atomic mass is 10.2. The van der Waals surface area contributed by atoms with Gasteiger partial charge in [-0.25, -0.2) is 0 Å². The van der Waals surface area contributed by atoms with Crippen molar-refractivity contribution in [3.63, 3.8) is 0 Å². The van der Waals surface area contributed by atoms with Gasteiger partial charge in [-0.15, -0.1) is 0 Å². The van der Waals surface area contributed by atoms with Crippen LogP contribution in [0.1, 0.15) is 19.3 Å². The van der Waals surface area contributed by atoms with Crippen molar-refractivity contribution in [2.45, 2.75) is 25.4 Å². The van der Waals surface area contributed by atoms with Crippen LogP contribution in [-0.4, -0.2) is 49.3 Å². The first-order valence-corrected chi connectivity index (χ1v) is 5.49. The van der Waals surface area contributed by atoms with E-state index >= 15 is 0 Å². The highest BCUT2D eigenvalue weighted by atomic mass is 16.5. The first-order valence-electron chi connectivity index (χ1n) is 5.49. The molecule has 1 amide bonds. The fraction of sp³-hybridized carbons (Fsp3) is 0.800. The predicted molar refractivity (Wildman–Crippen MR) is 57.1 cm³/mol. The predicted octanol–water partition coefficient (Wildman–Crippen LogP) is -0.654. The number of hydrogen-bond donors (Lipinski definition) is 3. The maximum atomic E-state index is 11.4. The fourth-order valence-electron chi connectivity index (χ4n) is 1.50. The van der Waals surface area contributed by atoms with E-state index in [1.54, 1.807) is 0 Å². The molecule has 16 heavy (non-hydrogen) atoms. The zero-order chi connectivity index (χ0) is 11.8. The van der Waals surface area contributed by atoms with E-state index in [1.165, 1.54) is 0 Å². The maximum absolute atomic E-state index is 11.4. The lowest BCUT2D eigenvalue weighted by Crippen LogP contribution is -2.41. The number of carboxylic acid groups (broad SMARTS) is 1. The highest BCUT2D eigenvalue weighted by Gasteiger charge is 2.16. The molecule has 1 aliphatic heterocycles. The highest BCUT2D eigenvalue weighted by Crippen LogP contribution is 2.01. The molecular weight excluding hydrogens is 212 g/mol. The third kappa shape index (κ3) is 5.67. The van der Waals surface area contributed by atoms with Crippen molar-refractivity contribution in [1.29, 1.82) is 0 Å². The Morgan fingerprint density at radius 3 is 2.94 bits per heavy atom. The summed E-state index contributed by atoms with van der Waals surface area (Å²) in [6.07, 6.45) is 0.820. The number of carboxylic acids is 1. The molecule has 6 nitrogen and oxygen atoms in total. The second-order valence-corrected chi connectivity index (χ2v) is 3.75. The summed E-state index contributed by atoms with van der Waals surface area (Å²) in [6, 6.07) is 0. The Morgan fingerprint density at radius 1 is 1.50 bits per heavy atom. The van der Waals surface area contributed by atoms with Crippen LogP contribution in [0.5, 0.6) is 0 Å². The molecule has 3 N–H and O–H groups in total. The molecule has 0 aromatic heterocycles. The van der Waals surface area contributed by atoms with Crippen LogP contribution in [0.15, 0.2) is 0 Å². The van der Waals surface area contributed by atoms with Crippen molar-refractivity contribution < 1.29 is 19.4 Å². The monoisotopic (exact) mass is 230 g/mol. The SMILES string of the molecule is O=C(O)CCCNC(=O)CC1CNCCO1. The van der Waals surface area contributed by atoms with Gasteiger partial charge in [-0.3, -0.25) is 9.59 Å². The first-order chi connectivity index (χ1) is 7.68. The van der Waals surface area contributed by atoms with Gasteiger partial charge in [0, 0.05) is 26.1 Å². The quantitative estimate of drug-likeness (QED) is 0.528. The van der Waals surface area contributed by atoms with Crippen molar-refractivity contribution in [2.24, 2.45) is 0 Å². The van der Waals surface area contributed by atoms with Gasteiger partial charge >= 0.3 is 5.97 Å². The second kappa shape index (κ2) is 7.19. The van der Waals surface area contributed by atoms with Crippen LogP contribution in [0.3, 0.4) is 0 Å². The molecule has 0 saturated carbocycles. The Hall–Kier alpha value is -1.14. The molecule has 0 aliphatic carbocycles. The van der Waals surface area contributed by atoms with E-state index in [0.717, 1.165) is 6.54 Å². The van der Waals surface area contributed by atoms with Crippen molar-refractivity contribution in [3.8, 4) is 0 Å². The average Bonchev–Trinajstić information content (AvgIpc) is 2.25. The Bertz CT molecular complexity index is 239. The van der Waals surface area contributed by atoms with Crippen molar-refractivity contribution in [3.05, 3.63) is 0 Å². The average molecular weight is 230 g/mol. The van der Waals surface area contributed by atoms with Gasteiger partial charge in [0.2, 0.25) is 5.91 Å². The topological polar surface area (TPSA) is 87.7 Å². The number of hydrogen-bond acceptors (Lipinski definition) is 4. The van der Waals surface area contributed by atoms with Crippen molar-refractivity contribution in [1.82, 2.24) is 10.6 Å². The van der Waals surface area contributed by atoms with E-state index in [2.05, 4.69) is 10.6 Å². The summed E-state index contributed by atoms with van der Waals surface area (Å²) in [4.78, 5) is 21.6. The summed E-state index contributed by atoms with van der Waals surface area (Å²) in [5, 5.41) is 14.2. The van der Waals surface area contributed by atoms with Crippen LogP contribution < -0.4 is 10.6 Å². The third-order valence-electron chi connectivity index (χ3n) is 2.31. The molecule has 1 rings (SSSR count). The van der Waals surface area contributed by atoms with E-state index in [9.17, 15) is 9.59 Å². The number of amides is 1. The molecule has 1 saturated heterocycles. The number of ether oxygens (including phenoxy) is 1. The Labute approximate surface area is 94.3 Å². The van der Waals surface area contributed by atoms with Crippen LogP contribution in [0.25, 0.3) is 0 Å². The molecule has 6 heteroatoms.